The average Bonchev–Trinajstić information content (AvgIpc) is 3.28. The Morgan fingerprint density at radius 2 is 2.17 bits per heavy atom. The first-order chi connectivity index (χ1) is 17.4. The highest BCUT2D eigenvalue weighted by atomic mass is 19.1. The number of aromatic carboxylic acids is 1. The van der Waals surface area contributed by atoms with Crippen LogP contribution in [0.1, 0.15) is 29.4 Å². The van der Waals surface area contributed by atoms with E-state index in [9.17, 15) is 19.6 Å². The summed E-state index contributed by atoms with van der Waals surface area (Å²) in [5.41, 5.74) is 1.26. The second-order valence-corrected chi connectivity index (χ2v) is 8.70. The fraction of sp³-hybridized carbons (Fsp3) is 0.308. The number of hydrogen-bond donors (Lipinski definition) is 1. The molecule has 0 saturated carbocycles. The van der Waals surface area contributed by atoms with Crippen molar-refractivity contribution in [3.8, 4) is 29.0 Å². The van der Waals surface area contributed by atoms with Crippen LogP contribution in [-0.4, -0.2) is 59.1 Å². The van der Waals surface area contributed by atoms with Crippen LogP contribution in [0, 0.1) is 17.1 Å². The molecule has 5 rings (SSSR count). The topological polar surface area (TPSA) is 118 Å². The van der Waals surface area contributed by atoms with Crippen molar-refractivity contribution >= 4 is 11.7 Å². The fourth-order valence-corrected chi connectivity index (χ4v) is 4.65. The molecule has 1 N–H and O–H groups in total. The van der Waals surface area contributed by atoms with Crippen LogP contribution in [0.2, 0.25) is 0 Å². The number of carbonyl (C=O) groups is 1. The lowest BCUT2D eigenvalue weighted by Crippen LogP contribution is -2.62. The molecule has 184 valence electrons. The van der Waals surface area contributed by atoms with Crippen LogP contribution in [0.4, 0.5) is 10.1 Å². The van der Waals surface area contributed by atoms with Crippen molar-refractivity contribution in [3.63, 3.8) is 0 Å². The smallest absolute Gasteiger partial charge is 0.358 e. The summed E-state index contributed by atoms with van der Waals surface area (Å²) in [5, 5.41) is 19.1. The van der Waals surface area contributed by atoms with Crippen LogP contribution in [-0.2, 0) is 4.74 Å². The lowest BCUT2D eigenvalue weighted by Gasteiger charge is -2.48. The van der Waals surface area contributed by atoms with E-state index >= 15 is 0 Å². The first-order valence-corrected chi connectivity index (χ1v) is 11.5. The summed E-state index contributed by atoms with van der Waals surface area (Å²) in [6, 6.07) is 12.9. The van der Waals surface area contributed by atoms with Gasteiger partial charge in [0.25, 0.3) is 0 Å². The predicted octanol–water partition coefficient (Wildman–Crippen LogP) is 3.68. The molecule has 2 aliphatic rings. The molecule has 10 heteroatoms. The molecule has 2 aromatic heterocycles. The molecule has 0 radical (unpaired) electrons. The predicted molar refractivity (Wildman–Crippen MR) is 127 cm³/mol. The first kappa shape index (κ1) is 23.5. The monoisotopic (exact) mass is 490 g/mol. The number of pyridine rings is 2. The quantitative estimate of drug-likeness (QED) is 0.529. The summed E-state index contributed by atoms with van der Waals surface area (Å²) in [6.07, 6.45) is 1.78. The van der Waals surface area contributed by atoms with E-state index in [2.05, 4.69) is 9.97 Å². The van der Waals surface area contributed by atoms with E-state index in [1.807, 2.05) is 17.9 Å². The highest BCUT2D eigenvalue weighted by Crippen LogP contribution is 2.40. The minimum Gasteiger partial charge on any atom is -0.485 e. The third kappa shape index (κ3) is 4.41. The number of hydrogen-bond acceptors (Lipinski definition) is 8. The molecule has 0 aliphatic carbocycles. The van der Waals surface area contributed by atoms with Crippen LogP contribution in [0.5, 0.6) is 11.6 Å². The molecule has 0 bridgehead atoms. The molecule has 36 heavy (non-hydrogen) atoms. The molecule has 1 atom stereocenters. The zero-order valence-electron chi connectivity index (χ0n) is 19.5. The van der Waals surface area contributed by atoms with Crippen LogP contribution >= 0.6 is 0 Å². The number of anilines is 1. The van der Waals surface area contributed by atoms with E-state index < -0.39 is 17.4 Å². The van der Waals surface area contributed by atoms with Gasteiger partial charge in [-0.2, -0.15) is 5.26 Å². The van der Waals surface area contributed by atoms with Gasteiger partial charge in [0.05, 0.1) is 35.7 Å². The molecule has 9 nitrogen and oxygen atoms in total. The number of ether oxygens (including phenoxy) is 3. The van der Waals surface area contributed by atoms with Crippen molar-refractivity contribution in [2.24, 2.45) is 0 Å². The Bertz CT molecular complexity index is 1350. The van der Waals surface area contributed by atoms with Gasteiger partial charge < -0.3 is 24.2 Å². The van der Waals surface area contributed by atoms with Gasteiger partial charge in [0, 0.05) is 25.7 Å². The maximum absolute atomic E-state index is 13.5. The van der Waals surface area contributed by atoms with E-state index in [0.717, 1.165) is 0 Å². The number of nitriles is 1. The molecule has 0 amide bonds. The van der Waals surface area contributed by atoms with Crippen LogP contribution < -0.4 is 14.4 Å². The molecule has 1 spiro atoms. The summed E-state index contributed by atoms with van der Waals surface area (Å²) in [5.74, 6) is -1.14. The number of nitrogens with zero attached hydrogens (tertiary/aromatic N) is 4. The maximum Gasteiger partial charge on any atom is 0.358 e. The summed E-state index contributed by atoms with van der Waals surface area (Å²) in [6.45, 7) is 3.59. The van der Waals surface area contributed by atoms with Gasteiger partial charge >= 0.3 is 5.97 Å². The summed E-state index contributed by atoms with van der Waals surface area (Å²) in [4.78, 5) is 22.5. The zero-order valence-corrected chi connectivity index (χ0v) is 19.5. The highest BCUT2D eigenvalue weighted by Gasteiger charge is 2.51. The van der Waals surface area contributed by atoms with Gasteiger partial charge in [-0.1, -0.05) is 0 Å². The molecular formula is C26H23FN4O5. The summed E-state index contributed by atoms with van der Waals surface area (Å²) < 4.78 is 31.1. The minimum atomic E-state index is -1.21. The first-order valence-electron chi connectivity index (χ1n) is 11.5. The van der Waals surface area contributed by atoms with Gasteiger partial charge in [-0.3, -0.25) is 0 Å². The third-order valence-corrected chi connectivity index (χ3v) is 6.24. The number of aromatic nitrogens is 2. The van der Waals surface area contributed by atoms with Crippen molar-refractivity contribution in [1.29, 1.82) is 5.26 Å². The molecule has 2 aliphatic heterocycles. The van der Waals surface area contributed by atoms with Crippen molar-refractivity contribution < 1.29 is 28.5 Å². The molecular weight excluding hydrogens is 467 g/mol. The van der Waals surface area contributed by atoms with Gasteiger partial charge in [0.1, 0.15) is 23.6 Å². The van der Waals surface area contributed by atoms with Crippen LogP contribution in [0.3, 0.4) is 0 Å². The Kier molecular flexibility index (Phi) is 6.16. The van der Waals surface area contributed by atoms with Crippen molar-refractivity contribution in [2.75, 3.05) is 31.2 Å². The minimum absolute atomic E-state index is 0.153. The van der Waals surface area contributed by atoms with Gasteiger partial charge in [-0.25, -0.2) is 19.2 Å². The number of rotatable bonds is 7. The molecule has 2 saturated heterocycles. The third-order valence-electron chi connectivity index (χ3n) is 6.24. The Morgan fingerprint density at radius 3 is 2.92 bits per heavy atom. The van der Waals surface area contributed by atoms with Crippen LogP contribution in [0.15, 0.2) is 48.7 Å². The molecule has 2 fully saturated rings. The lowest BCUT2D eigenvalue weighted by molar-refractivity contribution is -0.0196. The lowest BCUT2D eigenvalue weighted by atomic mass is 9.89. The summed E-state index contributed by atoms with van der Waals surface area (Å²) in [7, 11) is 0. The normalized spacial score (nSPS) is 17.9. The summed E-state index contributed by atoms with van der Waals surface area (Å²) >= 11 is 0. The molecule has 1 aromatic carbocycles. The Labute approximate surface area is 206 Å². The number of benzene rings is 1. The number of carboxylic acid groups (broad SMARTS) is 1. The average molecular weight is 490 g/mol. The molecule has 4 heterocycles. The van der Waals surface area contributed by atoms with Gasteiger partial charge in [0.2, 0.25) is 5.88 Å². The Balaban J connectivity index is 1.29. The van der Waals surface area contributed by atoms with Crippen molar-refractivity contribution in [1.82, 2.24) is 9.97 Å². The van der Waals surface area contributed by atoms with E-state index in [1.54, 1.807) is 36.5 Å². The Morgan fingerprint density at radius 1 is 1.33 bits per heavy atom. The van der Waals surface area contributed by atoms with Gasteiger partial charge in [0.15, 0.2) is 11.4 Å². The van der Waals surface area contributed by atoms with E-state index in [-0.39, 0.29) is 23.1 Å². The second kappa shape index (κ2) is 9.43. The highest BCUT2D eigenvalue weighted by molar-refractivity contribution is 5.89. The molecule has 1 unspecified atom stereocenters. The molecule has 3 aromatic rings. The fourth-order valence-electron chi connectivity index (χ4n) is 4.65. The van der Waals surface area contributed by atoms with E-state index in [4.69, 9.17) is 14.2 Å². The maximum atomic E-state index is 13.5. The van der Waals surface area contributed by atoms with E-state index in [0.29, 0.717) is 55.5 Å². The van der Waals surface area contributed by atoms with Crippen molar-refractivity contribution in [2.45, 2.75) is 25.0 Å². The van der Waals surface area contributed by atoms with Gasteiger partial charge in [-0.05, 0) is 49.4 Å². The standard InChI is InChI=1S/C26H23FN4O5/c1-2-34-24-19(4-3-9-29-24)20-6-8-22(23(30-20)25(32)33)36-18-11-26(35-13-18)14-31(15-26)21-7-5-17(27)10-16(21)12-28/h3-10,18H,2,11,13-15H2,1H3,(H,32,33). The van der Waals surface area contributed by atoms with Crippen LogP contribution in [0.25, 0.3) is 11.3 Å². The zero-order chi connectivity index (χ0) is 25.3. The SMILES string of the molecule is CCOc1ncccc1-c1ccc(OC2COC3(C2)CN(c2ccc(F)cc2C#N)C3)c(C(=O)O)n1. The van der Waals surface area contributed by atoms with E-state index in [1.165, 1.54) is 12.1 Å². The number of halogens is 1. The van der Waals surface area contributed by atoms with Gasteiger partial charge in [-0.15, -0.1) is 0 Å². The largest absolute Gasteiger partial charge is 0.485 e. The Hall–Kier alpha value is -4.23. The second-order valence-electron chi connectivity index (χ2n) is 8.70. The number of carboxylic acids is 1. The van der Waals surface area contributed by atoms with Crippen molar-refractivity contribution in [3.05, 3.63) is 65.7 Å².